The van der Waals surface area contributed by atoms with E-state index < -0.39 is 0 Å². The molecule has 0 saturated heterocycles. The van der Waals surface area contributed by atoms with E-state index >= 15 is 0 Å². The Bertz CT molecular complexity index is 1270. The lowest BCUT2D eigenvalue weighted by Crippen LogP contribution is -2.18. The van der Waals surface area contributed by atoms with Gasteiger partial charge in [-0.15, -0.1) is 0 Å². The zero-order chi connectivity index (χ0) is 21.5. The van der Waals surface area contributed by atoms with Gasteiger partial charge in [-0.1, -0.05) is 67.4 Å². The van der Waals surface area contributed by atoms with Crippen molar-refractivity contribution in [3.8, 4) is 0 Å². The lowest BCUT2D eigenvalue weighted by molar-refractivity contribution is 0.466. The number of H-pyrrole nitrogens is 2. The van der Waals surface area contributed by atoms with Crippen LogP contribution in [-0.2, 0) is 0 Å². The molecule has 4 nitrogen and oxygen atoms in total. The van der Waals surface area contributed by atoms with E-state index in [1.54, 1.807) is 0 Å². The lowest BCUT2D eigenvalue weighted by atomic mass is 9.78. The number of aryl methyl sites for hydroxylation is 2. The predicted octanol–water partition coefficient (Wildman–Crippen LogP) is 6.75. The maximum absolute atomic E-state index is 5.01. The van der Waals surface area contributed by atoms with Crippen molar-refractivity contribution in [2.75, 3.05) is 0 Å². The Labute approximate surface area is 182 Å². The van der Waals surface area contributed by atoms with Gasteiger partial charge < -0.3 is 9.97 Å². The summed E-state index contributed by atoms with van der Waals surface area (Å²) in [6, 6.07) is 23.3. The molecule has 0 aliphatic rings. The van der Waals surface area contributed by atoms with Crippen molar-refractivity contribution in [2.45, 2.75) is 45.4 Å². The maximum Gasteiger partial charge on any atom is 0.111 e. The Morgan fingerprint density at radius 3 is 1.74 bits per heavy atom. The Hall–Kier alpha value is -3.40. The van der Waals surface area contributed by atoms with Crippen LogP contribution >= 0.6 is 0 Å². The van der Waals surface area contributed by atoms with Crippen LogP contribution in [0.4, 0.5) is 0 Å². The molecule has 3 aromatic carbocycles. The van der Waals surface area contributed by atoms with Gasteiger partial charge in [-0.25, -0.2) is 9.97 Å². The molecular weight excluding hydrogens is 380 g/mol. The monoisotopic (exact) mass is 408 g/mol. The zero-order valence-corrected chi connectivity index (χ0v) is 18.5. The van der Waals surface area contributed by atoms with Gasteiger partial charge in [0.1, 0.15) is 11.6 Å². The van der Waals surface area contributed by atoms with Gasteiger partial charge >= 0.3 is 0 Å². The first-order valence-corrected chi connectivity index (χ1v) is 11.0. The van der Waals surface area contributed by atoms with E-state index in [4.69, 9.17) is 9.97 Å². The van der Waals surface area contributed by atoms with Gasteiger partial charge in [-0.3, -0.25) is 0 Å². The fourth-order valence-electron chi connectivity index (χ4n) is 4.88. The highest BCUT2D eigenvalue weighted by atomic mass is 15.0. The van der Waals surface area contributed by atoms with Crippen LogP contribution in [0, 0.1) is 13.8 Å². The second-order valence-electron chi connectivity index (χ2n) is 8.80. The molecule has 0 radical (unpaired) electrons. The van der Waals surface area contributed by atoms with Crippen LogP contribution in [-0.4, -0.2) is 19.9 Å². The highest BCUT2D eigenvalue weighted by Crippen LogP contribution is 2.42. The third-order valence-corrected chi connectivity index (χ3v) is 6.41. The molecule has 0 amide bonds. The van der Waals surface area contributed by atoms with Crippen LogP contribution in [0.15, 0.2) is 66.7 Å². The second-order valence-corrected chi connectivity index (χ2v) is 8.80. The number of rotatable bonds is 5. The normalized spacial score (nSPS) is 14.7. The molecule has 0 aliphatic heterocycles. The van der Waals surface area contributed by atoms with Gasteiger partial charge in [0.25, 0.3) is 0 Å². The number of benzene rings is 3. The average molecular weight is 409 g/mol. The Kier molecular flexibility index (Phi) is 4.85. The van der Waals surface area contributed by atoms with Crippen molar-refractivity contribution < 1.29 is 0 Å². The SMILES string of the molecule is Cc1cc(C)cc(C(C)C(c2nc3ccccc3[nH]2)C(C)c2nc3ccccc3[nH]2)c1. The smallest absolute Gasteiger partial charge is 0.111 e. The van der Waals surface area contributed by atoms with Crippen molar-refractivity contribution in [1.29, 1.82) is 0 Å². The van der Waals surface area contributed by atoms with Crippen LogP contribution in [0.25, 0.3) is 22.1 Å². The van der Waals surface area contributed by atoms with E-state index in [1.165, 1.54) is 16.7 Å². The van der Waals surface area contributed by atoms with Gasteiger partial charge in [0.2, 0.25) is 0 Å². The number of aromatic amines is 2. The standard InChI is InChI=1S/C27H28N4/c1-16-13-17(2)15-20(14-16)18(3)25(27-30-23-11-7-8-12-24(23)31-27)19(4)26-28-21-9-5-6-10-22(21)29-26/h5-15,18-19,25H,1-4H3,(H,28,29)(H,30,31). The molecule has 2 N–H and O–H groups in total. The number of hydrogen-bond acceptors (Lipinski definition) is 2. The topological polar surface area (TPSA) is 57.4 Å². The number of imidazole rings is 2. The molecule has 0 fully saturated rings. The van der Waals surface area contributed by atoms with Gasteiger partial charge in [-0.2, -0.15) is 0 Å². The molecule has 2 aromatic heterocycles. The fraction of sp³-hybridized carbons (Fsp3) is 0.259. The van der Waals surface area contributed by atoms with E-state index in [9.17, 15) is 0 Å². The molecule has 3 atom stereocenters. The van der Waals surface area contributed by atoms with Crippen molar-refractivity contribution >= 4 is 22.1 Å². The van der Waals surface area contributed by atoms with E-state index in [0.717, 1.165) is 33.7 Å². The Balaban J connectivity index is 1.63. The molecule has 0 aliphatic carbocycles. The third-order valence-electron chi connectivity index (χ3n) is 6.41. The summed E-state index contributed by atoms with van der Waals surface area (Å²) in [6.45, 7) is 8.91. The largest absolute Gasteiger partial charge is 0.342 e. The molecule has 0 saturated carbocycles. The summed E-state index contributed by atoms with van der Waals surface area (Å²) in [6.07, 6.45) is 0. The quantitative estimate of drug-likeness (QED) is 0.338. The van der Waals surface area contributed by atoms with Gasteiger partial charge in [0.15, 0.2) is 0 Å². The summed E-state index contributed by atoms with van der Waals surface area (Å²) in [7, 11) is 0. The van der Waals surface area contributed by atoms with Crippen molar-refractivity contribution in [2.24, 2.45) is 0 Å². The van der Waals surface area contributed by atoms with Gasteiger partial charge in [0.05, 0.1) is 22.1 Å². The first-order chi connectivity index (χ1) is 15.0. The van der Waals surface area contributed by atoms with Crippen molar-refractivity contribution in [3.63, 3.8) is 0 Å². The summed E-state index contributed by atoms with van der Waals surface area (Å²) in [5.74, 6) is 2.59. The number of nitrogens with one attached hydrogen (secondary N) is 2. The van der Waals surface area contributed by atoms with Crippen molar-refractivity contribution in [3.05, 3.63) is 95.1 Å². The molecule has 156 valence electrons. The molecule has 31 heavy (non-hydrogen) atoms. The third kappa shape index (κ3) is 3.63. The van der Waals surface area contributed by atoms with Crippen LogP contribution in [0.3, 0.4) is 0 Å². The molecule has 4 heteroatoms. The van der Waals surface area contributed by atoms with E-state index in [-0.39, 0.29) is 17.8 Å². The minimum absolute atomic E-state index is 0.147. The van der Waals surface area contributed by atoms with E-state index in [0.29, 0.717) is 0 Å². The van der Waals surface area contributed by atoms with Crippen LogP contribution < -0.4 is 0 Å². The van der Waals surface area contributed by atoms with Crippen LogP contribution in [0.1, 0.15) is 59.9 Å². The summed E-state index contributed by atoms with van der Waals surface area (Å²) in [5, 5.41) is 0. The Morgan fingerprint density at radius 2 is 1.16 bits per heavy atom. The minimum atomic E-state index is 0.147. The van der Waals surface area contributed by atoms with Gasteiger partial charge in [0, 0.05) is 11.8 Å². The van der Waals surface area contributed by atoms with Crippen LogP contribution in [0.5, 0.6) is 0 Å². The molecule has 5 aromatic rings. The highest BCUT2D eigenvalue weighted by Gasteiger charge is 2.32. The number of fused-ring (bicyclic) bond motifs is 2. The van der Waals surface area contributed by atoms with E-state index in [1.807, 2.05) is 18.2 Å². The first kappa shape index (κ1) is 19.6. The summed E-state index contributed by atoms with van der Waals surface area (Å²) in [5.41, 5.74) is 8.09. The first-order valence-electron chi connectivity index (χ1n) is 11.0. The van der Waals surface area contributed by atoms with Crippen molar-refractivity contribution in [1.82, 2.24) is 19.9 Å². The average Bonchev–Trinajstić information content (AvgIpc) is 3.37. The minimum Gasteiger partial charge on any atom is -0.342 e. The summed E-state index contributed by atoms with van der Waals surface area (Å²) in [4.78, 5) is 17.1. The fourth-order valence-corrected chi connectivity index (χ4v) is 4.88. The number of para-hydroxylation sites is 4. The molecule has 0 bridgehead atoms. The highest BCUT2D eigenvalue weighted by molar-refractivity contribution is 5.76. The summed E-state index contributed by atoms with van der Waals surface area (Å²) >= 11 is 0. The maximum atomic E-state index is 5.01. The summed E-state index contributed by atoms with van der Waals surface area (Å²) < 4.78 is 0. The number of aromatic nitrogens is 4. The number of hydrogen-bond donors (Lipinski definition) is 2. The van der Waals surface area contributed by atoms with E-state index in [2.05, 4.69) is 86.2 Å². The Morgan fingerprint density at radius 1 is 0.645 bits per heavy atom. The zero-order valence-electron chi connectivity index (χ0n) is 18.5. The molecule has 0 spiro atoms. The molecule has 5 rings (SSSR count). The van der Waals surface area contributed by atoms with Gasteiger partial charge in [-0.05, 0) is 49.6 Å². The molecule has 2 heterocycles. The predicted molar refractivity (Wildman–Crippen MR) is 128 cm³/mol. The second kappa shape index (κ2) is 7.69. The molecule has 3 unspecified atom stereocenters. The molecular formula is C27H28N4. The van der Waals surface area contributed by atoms with Crippen LogP contribution in [0.2, 0.25) is 0 Å². The lowest BCUT2D eigenvalue weighted by Gasteiger charge is -2.28. The number of nitrogens with zero attached hydrogens (tertiary/aromatic N) is 2.